The second-order valence-corrected chi connectivity index (χ2v) is 5.54. The number of alkyl halides is 1. The highest BCUT2D eigenvalue weighted by atomic mass is 79.9. The molecule has 2 amide bonds. The van der Waals surface area contributed by atoms with Crippen LogP contribution in [0, 0.1) is 0 Å². The van der Waals surface area contributed by atoms with Gasteiger partial charge in [0, 0.05) is 44.0 Å². The van der Waals surface area contributed by atoms with E-state index in [1.807, 2.05) is 29.2 Å². The topological polar surface area (TPSA) is 40.6 Å². The molecule has 5 heteroatoms. The average molecular weight is 339 g/mol. The molecule has 1 fully saturated rings. The number of nitrogens with zero attached hydrogens (tertiary/aromatic N) is 2. The summed E-state index contributed by atoms with van der Waals surface area (Å²) in [5, 5.41) is 0.790. The maximum atomic E-state index is 12.4. The number of hydrogen-bond acceptors (Lipinski definition) is 2. The summed E-state index contributed by atoms with van der Waals surface area (Å²) in [5.74, 6) is 0.137. The lowest BCUT2D eigenvalue weighted by Gasteiger charge is -2.21. The first kappa shape index (κ1) is 15.0. The Morgan fingerprint density at radius 1 is 1.05 bits per heavy atom. The summed E-state index contributed by atoms with van der Waals surface area (Å²) in [6, 6.07) is 7.66. The van der Waals surface area contributed by atoms with Gasteiger partial charge < -0.3 is 9.80 Å². The summed E-state index contributed by atoms with van der Waals surface area (Å²) in [6.45, 7) is 4.26. The molecule has 108 valence electrons. The molecule has 1 heterocycles. The van der Waals surface area contributed by atoms with Crippen molar-refractivity contribution in [2.75, 3.05) is 26.2 Å². The lowest BCUT2D eigenvalue weighted by atomic mass is 10.1. The Labute approximate surface area is 127 Å². The van der Waals surface area contributed by atoms with Crippen LogP contribution < -0.4 is 0 Å². The molecule has 0 radical (unpaired) electrons. The van der Waals surface area contributed by atoms with E-state index in [1.165, 1.54) is 0 Å². The summed E-state index contributed by atoms with van der Waals surface area (Å²) in [4.78, 5) is 27.5. The molecule has 1 aliphatic heterocycles. The van der Waals surface area contributed by atoms with Crippen LogP contribution in [-0.2, 0) is 10.1 Å². The van der Waals surface area contributed by atoms with E-state index in [2.05, 4.69) is 15.9 Å². The van der Waals surface area contributed by atoms with Crippen molar-refractivity contribution in [1.29, 1.82) is 0 Å². The van der Waals surface area contributed by atoms with Crippen LogP contribution in [0.25, 0.3) is 0 Å². The summed E-state index contributed by atoms with van der Waals surface area (Å²) < 4.78 is 0. The third-order valence-electron chi connectivity index (χ3n) is 3.58. The molecule has 1 saturated heterocycles. The largest absolute Gasteiger partial charge is 0.341 e. The number of hydrogen-bond donors (Lipinski definition) is 0. The molecule has 0 aliphatic carbocycles. The second-order valence-electron chi connectivity index (χ2n) is 4.98. The van der Waals surface area contributed by atoms with Gasteiger partial charge in [0.1, 0.15) is 0 Å². The van der Waals surface area contributed by atoms with E-state index in [9.17, 15) is 9.59 Å². The van der Waals surface area contributed by atoms with Crippen LogP contribution in [0.5, 0.6) is 0 Å². The molecular formula is C15H19BrN2O2. The Bertz CT molecular complexity index is 487. The lowest BCUT2D eigenvalue weighted by Crippen LogP contribution is -2.36. The van der Waals surface area contributed by atoms with Crippen LogP contribution in [0.1, 0.15) is 29.3 Å². The monoisotopic (exact) mass is 338 g/mol. The first-order chi connectivity index (χ1) is 9.61. The van der Waals surface area contributed by atoms with Crippen molar-refractivity contribution >= 4 is 27.7 Å². The number of carbonyl (C=O) groups excluding carboxylic acids is 2. The lowest BCUT2D eigenvalue weighted by molar-refractivity contribution is -0.128. The van der Waals surface area contributed by atoms with E-state index in [1.54, 1.807) is 11.8 Å². The third kappa shape index (κ3) is 3.60. The zero-order valence-corrected chi connectivity index (χ0v) is 13.2. The van der Waals surface area contributed by atoms with E-state index in [-0.39, 0.29) is 11.8 Å². The molecule has 0 atom stereocenters. The summed E-state index contributed by atoms with van der Waals surface area (Å²) in [5.41, 5.74) is 1.87. The first-order valence-corrected chi connectivity index (χ1v) is 7.93. The summed E-state index contributed by atoms with van der Waals surface area (Å²) in [7, 11) is 0. The minimum atomic E-state index is 0.0523. The number of amides is 2. The highest BCUT2D eigenvalue weighted by molar-refractivity contribution is 9.08. The van der Waals surface area contributed by atoms with Crippen molar-refractivity contribution in [3.8, 4) is 0 Å². The SMILES string of the molecule is CC(=O)N1CCCN(C(=O)c2ccc(CBr)cc2)CC1. The minimum absolute atomic E-state index is 0.0523. The van der Waals surface area contributed by atoms with E-state index in [4.69, 9.17) is 0 Å². The van der Waals surface area contributed by atoms with Crippen LogP contribution in [0.4, 0.5) is 0 Å². The van der Waals surface area contributed by atoms with Crippen LogP contribution in [0.2, 0.25) is 0 Å². The molecule has 0 N–H and O–H groups in total. The summed E-state index contributed by atoms with van der Waals surface area (Å²) in [6.07, 6.45) is 0.838. The highest BCUT2D eigenvalue weighted by Gasteiger charge is 2.21. The van der Waals surface area contributed by atoms with Crippen LogP contribution >= 0.6 is 15.9 Å². The van der Waals surface area contributed by atoms with E-state index in [0.717, 1.165) is 23.9 Å². The molecule has 0 saturated carbocycles. The van der Waals surface area contributed by atoms with E-state index >= 15 is 0 Å². The second kappa shape index (κ2) is 6.88. The van der Waals surface area contributed by atoms with Gasteiger partial charge in [-0.15, -0.1) is 0 Å². The molecular weight excluding hydrogens is 320 g/mol. The molecule has 20 heavy (non-hydrogen) atoms. The Morgan fingerprint density at radius 2 is 1.65 bits per heavy atom. The van der Waals surface area contributed by atoms with Gasteiger partial charge >= 0.3 is 0 Å². The Balaban J connectivity index is 2.03. The fourth-order valence-corrected chi connectivity index (χ4v) is 2.73. The van der Waals surface area contributed by atoms with Gasteiger partial charge in [0.05, 0.1) is 0 Å². The van der Waals surface area contributed by atoms with Gasteiger partial charge in [-0.3, -0.25) is 9.59 Å². The van der Waals surface area contributed by atoms with Gasteiger partial charge in [0.25, 0.3) is 5.91 Å². The number of rotatable bonds is 2. The van der Waals surface area contributed by atoms with Gasteiger partial charge in [-0.05, 0) is 24.1 Å². The van der Waals surface area contributed by atoms with Crippen molar-refractivity contribution in [2.45, 2.75) is 18.7 Å². The summed E-state index contributed by atoms with van der Waals surface area (Å²) >= 11 is 3.39. The molecule has 1 aromatic carbocycles. The van der Waals surface area contributed by atoms with Gasteiger partial charge in [0.15, 0.2) is 0 Å². The highest BCUT2D eigenvalue weighted by Crippen LogP contribution is 2.12. The van der Waals surface area contributed by atoms with Gasteiger partial charge in [-0.1, -0.05) is 28.1 Å². The van der Waals surface area contributed by atoms with Crippen LogP contribution in [0.15, 0.2) is 24.3 Å². The van der Waals surface area contributed by atoms with Crippen molar-refractivity contribution < 1.29 is 9.59 Å². The van der Waals surface area contributed by atoms with E-state index < -0.39 is 0 Å². The fraction of sp³-hybridized carbons (Fsp3) is 0.467. The Hall–Kier alpha value is -1.36. The van der Waals surface area contributed by atoms with Crippen molar-refractivity contribution in [2.24, 2.45) is 0 Å². The smallest absolute Gasteiger partial charge is 0.253 e. The van der Waals surface area contributed by atoms with Crippen LogP contribution in [-0.4, -0.2) is 47.8 Å². The minimum Gasteiger partial charge on any atom is -0.341 e. The predicted molar refractivity (Wildman–Crippen MR) is 81.8 cm³/mol. The number of carbonyl (C=O) groups is 2. The standard InChI is InChI=1S/C15H19BrN2O2/c1-12(19)17-7-2-8-18(10-9-17)15(20)14-5-3-13(11-16)4-6-14/h3-6H,2,7-11H2,1H3. The predicted octanol–water partition coefficient (Wildman–Crippen LogP) is 2.28. The third-order valence-corrected chi connectivity index (χ3v) is 4.23. The zero-order valence-electron chi connectivity index (χ0n) is 11.6. The molecule has 0 unspecified atom stereocenters. The molecule has 0 aromatic heterocycles. The Kier molecular flexibility index (Phi) is 5.17. The van der Waals surface area contributed by atoms with Gasteiger partial charge in [0.2, 0.25) is 5.91 Å². The average Bonchev–Trinajstić information content (AvgIpc) is 2.72. The Morgan fingerprint density at radius 3 is 2.25 bits per heavy atom. The quantitative estimate of drug-likeness (QED) is 0.776. The van der Waals surface area contributed by atoms with Crippen LogP contribution in [0.3, 0.4) is 0 Å². The van der Waals surface area contributed by atoms with E-state index in [0.29, 0.717) is 25.2 Å². The maximum Gasteiger partial charge on any atom is 0.253 e. The molecule has 1 aliphatic rings. The number of benzene rings is 1. The van der Waals surface area contributed by atoms with Gasteiger partial charge in [-0.25, -0.2) is 0 Å². The normalized spacial score (nSPS) is 15.9. The molecule has 0 bridgehead atoms. The maximum absolute atomic E-state index is 12.4. The fourth-order valence-electron chi connectivity index (χ4n) is 2.35. The number of halogens is 1. The van der Waals surface area contributed by atoms with Crippen molar-refractivity contribution in [1.82, 2.24) is 9.80 Å². The molecule has 0 spiro atoms. The van der Waals surface area contributed by atoms with Crippen molar-refractivity contribution in [3.63, 3.8) is 0 Å². The van der Waals surface area contributed by atoms with Gasteiger partial charge in [-0.2, -0.15) is 0 Å². The molecule has 4 nitrogen and oxygen atoms in total. The molecule has 2 rings (SSSR count). The van der Waals surface area contributed by atoms with Crippen molar-refractivity contribution in [3.05, 3.63) is 35.4 Å². The molecule has 1 aromatic rings. The first-order valence-electron chi connectivity index (χ1n) is 6.81. The zero-order chi connectivity index (χ0) is 14.5.